The van der Waals surface area contributed by atoms with Gasteiger partial charge in [0.05, 0.1) is 6.10 Å². The van der Waals surface area contributed by atoms with Crippen LogP contribution < -0.4 is 5.73 Å². The van der Waals surface area contributed by atoms with Crippen molar-refractivity contribution in [2.45, 2.75) is 31.5 Å². The lowest BCUT2D eigenvalue weighted by atomic mass is 9.98. The summed E-state index contributed by atoms with van der Waals surface area (Å²) in [5.74, 6) is 0. The molecule has 0 amide bonds. The normalized spacial score (nSPS) is 25.3. The lowest BCUT2D eigenvalue weighted by Crippen LogP contribution is -2.47. The van der Waals surface area contributed by atoms with Gasteiger partial charge in [-0.3, -0.25) is 4.90 Å². The molecule has 0 aliphatic carbocycles. The van der Waals surface area contributed by atoms with Gasteiger partial charge in [0, 0.05) is 37.8 Å². The summed E-state index contributed by atoms with van der Waals surface area (Å²) < 4.78 is 5.44. The highest BCUT2D eigenvalue weighted by Crippen LogP contribution is 2.22. The lowest BCUT2D eigenvalue weighted by Gasteiger charge is -2.38. The Balaban J connectivity index is 2.00. The zero-order valence-corrected chi connectivity index (χ0v) is 11.6. The van der Waals surface area contributed by atoms with Crippen LogP contribution in [0.1, 0.15) is 18.4 Å². The van der Waals surface area contributed by atoms with E-state index in [4.69, 9.17) is 22.1 Å². The van der Waals surface area contributed by atoms with E-state index in [0.717, 1.165) is 31.0 Å². The van der Waals surface area contributed by atoms with Gasteiger partial charge < -0.3 is 10.5 Å². The van der Waals surface area contributed by atoms with E-state index in [9.17, 15) is 0 Å². The second kappa shape index (κ2) is 6.53. The van der Waals surface area contributed by atoms with E-state index in [0.29, 0.717) is 18.7 Å². The number of ether oxygens (including phenoxy) is 1. The van der Waals surface area contributed by atoms with E-state index in [1.165, 1.54) is 5.56 Å². The number of nitrogens with two attached hydrogens (primary N) is 1. The minimum atomic E-state index is 0.356. The van der Waals surface area contributed by atoms with Crippen LogP contribution in [0.5, 0.6) is 0 Å². The minimum Gasteiger partial charge on any atom is -0.381 e. The summed E-state index contributed by atoms with van der Waals surface area (Å²) in [4.78, 5) is 2.43. The average Bonchev–Trinajstić information content (AvgIpc) is 2.39. The molecule has 2 unspecified atom stereocenters. The van der Waals surface area contributed by atoms with Crippen molar-refractivity contribution in [3.05, 3.63) is 34.9 Å². The first-order valence-electron chi connectivity index (χ1n) is 6.44. The summed E-state index contributed by atoms with van der Waals surface area (Å²) in [7, 11) is 1.78. The highest BCUT2D eigenvalue weighted by Gasteiger charge is 2.27. The Hall–Kier alpha value is -0.610. The fraction of sp³-hybridized carbons (Fsp3) is 0.571. The number of halogens is 1. The number of hydrogen-bond donors (Lipinski definition) is 1. The van der Waals surface area contributed by atoms with Crippen molar-refractivity contribution in [1.82, 2.24) is 4.90 Å². The first-order chi connectivity index (χ1) is 8.72. The molecule has 1 aliphatic heterocycles. The first-order valence-corrected chi connectivity index (χ1v) is 6.82. The maximum absolute atomic E-state index is 6.02. The van der Waals surface area contributed by atoms with Gasteiger partial charge in [-0.2, -0.15) is 0 Å². The Morgan fingerprint density at radius 1 is 1.50 bits per heavy atom. The molecule has 1 heterocycles. The Labute approximate surface area is 114 Å². The third-order valence-corrected chi connectivity index (χ3v) is 3.90. The molecule has 100 valence electrons. The van der Waals surface area contributed by atoms with E-state index in [2.05, 4.69) is 11.0 Å². The fourth-order valence-electron chi connectivity index (χ4n) is 2.60. The van der Waals surface area contributed by atoms with E-state index in [1.54, 1.807) is 7.11 Å². The van der Waals surface area contributed by atoms with Crippen LogP contribution in [-0.2, 0) is 11.3 Å². The van der Waals surface area contributed by atoms with Gasteiger partial charge in [-0.25, -0.2) is 0 Å². The Morgan fingerprint density at radius 2 is 2.33 bits per heavy atom. The van der Waals surface area contributed by atoms with Gasteiger partial charge in [-0.05, 0) is 30.5 Å². The van der Waals surface area contributed by atoms with Gasteiger partial charge in [-0.15, -0.1) is 0 Å². The third-order valence-electron chi connectivity index (χ3n) is 3.67. The van der Waals surface area contributed by atoms with Crippen LogP contribution in [0.15, 0.2) is 24.3 Å². The summed E-state index contributed by atoms with van der Waals surface area (Å²) in [6.07, 6.45) is 2.45. The minimum absolute atomic E-state index is 0.356. The van der Waals surface area contributed by atoms with E-state index >= 15 is 0 Å². The molecular weight excluding hydrogens is 248 g/mol. The summed E-state index contributed by atoms with van der Waals surface area (Å²) in [5.41, 5.74) is 7.12. The topological polar surface area (TPSA) is 38.5 Å². The second-order valence-electron chi connectivity index (χ2n) is 4.87. The summed E-state index contributed by atoms with van der Waals surface area (Å²) in [6.45, 7) is 2.63. The smallest absolute Gasteiger partial charge is 0.0599 e. The maximum Gasteiger partial charge on any atom is 0.0599 e. The number of piperidine rings is 1. The Kier molecular flexibility index (Phi) is 5.01. The van der Waals surface area contributed by atoms with Crippen LogP contribution in [-0.4, -0.2) is 37.2 Å². The molecular formula is C14H21ClN2O. The summed E-state index contributed by atoms with van der Waals surface area (Å²) in [6, 6.07) is 8.45. The Bertz CT molecular complexity index is 386. The van der Waals surface area contributed by atoms with Crippen LogP contribution in [0.25, 0.3) is 0 Å². The van der Waals surface area contributed by atoms with Crippen molar-refractivity contribution in [3.63, 3.8) is 0 Å². The van der Waals surface area contributed by atoms with Gasteiger partial charge >= 0.3 is 0 Å². The molecule has 1 saturated heterocycles. The van der Waals surface area contributed by atoms with Crippen molar-refractivity contribution >= 4 is 11.6 Å². The van der Waals surface area contributed by atoms with E-state index in [1.807, 2.05) is 18.2 Å². The molecule has 2 atom stereocenters. The molecule has 1 aliphatic rings. The van der Waals surface area contributed by atoms with Crippen molar-refractivity contribution < 1.29 is 4.74 Å². The molecule has 0 bridgehead atoms. The van der Waals surface area contributed by atoms with Gasteiger partial charge in [0.25, 0.3) is 0 Å². The first kappa shape index (κ1) is 13.8. The zero-order chi connectivity index (χ0) is 13.0. The molecule has 0 spiro atoms. The largest absolute Gasteiger partial charge is 0.381 e. The van der Waals surface area contributed by atoms with Crippen LogP contribution >= 0.6 is 11.6 Å². The molecule has 0 aromatic heterocycles. The molecule has 2 N–H and O–H groups in total. The number of methoxy groups -OCH3 is 1. The SMILES string of the molecule is COC1CCN(Cc2cccc(Cl)c2)C(CN)C1. The van der Waals surface area contributed by atoms with Gasteiger partial charge in [0.15, 0.2) is 0 Å². The van der Waals surface area contributed by atoms with Gasteiger partial charge in [0.1, 0.15) is 0 Å². The summed E-state index contributed by atoms with van der Waals surface area (Å²) >= 11 is 6.02. The molecule has 4 heteroatoms. The molecule has 18 heavy (non-hydrogen) atoms. The number of hydrogen-bond acceptors (Lipinski definition) is 3. The number of nitrogens with zero attached hydrogens (tertiary/aromatic N) is 1. The Morgan fingerprint density at radius 3 is 3.00 bits per heavy atom. The van der Waals surface area contributed by atoms with Gasteiger partial charge in [0.2, 0.25) is 0 Å². The molecule has 1 fully saturated rings. The quantitative estimate of drug-likeness (QED) is 0.911. The fourth-order valence-corrected chi connectivity index (χ4v) is 2.81. The van der Waals surface area contributed by atoms with Crippen molar-refractivity contribution in [2.24, 2.45) is 5.73 Å². The molecule has 0 saturated carbocycles. The van der Waals surface area contributed by atoms with E-state index in [-0.39, 0.29) is 0 Å². The second-order valence-corrected chi connectivity index (χ2v) is 5.31. The zero-order valence-electron chi connectivity index (χ0n) is 10.8. The average molecular weight is 269 g/mol. The number of rotatable bonds is 4. The molecule has 0 radical (unpaired) electrons. The summed E-state index contributed by atoms with van der Waals surface area (Å²) in [5, 5.41) is 0.795. The molecule has 1 aromatic rings. The van der Waals surface area contributed by atoms with Crippen molar-refractivity contribution in [1.29, 1.82) is 0 Å². The molecule has 1 aromatic carbocycles. The van der Waals surface area contributed by atoms with Gasteiger partial charge in [-0.1, -0.05) is 23.7 Å². The number of likely N-dealkylation sites (tertiary alicyclic amines) is 1. The highest BCUT2D eigenvalue weighted by molar-refractivity contribution is 6.30. The van der Waals surface area contributed by atoms with Crippen LogP contribution in [0.3, 0.4) is 0 Å². The predicted octanol–water partition coefficient (Wildman–Crippen LogP) is 2.28. The lowest BCUT2D eigenvalue weighted by molar-refractivity contribution is 0.0102. The predicted molar refractivity (Wildman–Crippen MR) is 74.7 cm³/mol. The molecule has 2 rings (SSSR count). The third kappa shape index (κ3) is 3.45. The maximum atomic E-state index is 6.02. The van der Waals surface area contributed by atoms with Crippen LogP contribution in [0.4, 0.5) is 0 Å². The van der Waals surface area contributed by atoms with Crippen LogP contribution in [0, 0.1) is 0 Å². The molecule has 3 nitrogen and oxygen atoms in total. The van der Waals surface area contributed by atoms with E-state index < -0.39 is 0 Å². The highest BCUT2D eigenvalue weighted by atomic mass is 35.5. The van der Waals surface area contributed by atoms with Crippen molar-refractivity contribution in [3.8, 4) is 0 Å². The van der Waals surface area contributed by atoms with Crippen molar-refractivity contribution in [2.75, 3.05) is 20.2 Å². The monoisotopic (exact) mass is 268 g/mol. The number of benzene rings is 1. The standard InChI is InChI=1S/C14H21ClN2O/c1-18-14-5-6-17(13(8-14)9-16)10-11-3-2-4-12(15)7-11/h2-4,7,13-14H,5-6,8-10,16H2,1H3. The van der Waals surface area contributed by atoms with Crippen LogP contribution in [0.2, 0.25) is 5.02 Å².